The van der Waals surface area contributed by atoms with Crippen LogP contribution in [0.15, 0.2) is 35.2 Å². The summed E-state index contributed by atoms with van der Waals surface area (Å²) in [4.78, 5) is 1.21. The summed E-state index contributed by atoms with van der Waals surface area (Å²) in [6.07, 6.45) is 2.05. The Morgan fingerprint density at radius 2 is 1.48 bits per heavy atom. The van der Waals surface area contributed by atoms with E-state index in [0.717, 1.165) is 28.2 Å². The van der Waals surface area contributed by atoms with Crippen LogP contribution in [0.3, 0.4) is 0 Å². The summed E-state index contributed by atoms with van der Waals surface area (Å²) in [6.45, 7) is 9.73. The summed E-state index contributed by atoms with van der Waals surface area (Å²) in [6, 6.07) is 9.07. The molecule has 0 aromatic heterocycles. The highest BCUT2D eigenvalue weighted by Crippen LogP contribution is 2.32. The minimum absolute atomic E-state index is 0.225. The molecule has 1 nitrogen and oxygen atoms in total. The largest absolute Gasteiger partial charge is 0.457 e. The Morgan fingerprint density at radius 1 is 0.905 bits per heavy atom. The average molecular weight is 306 g/mol. The summed E-state index contributed by atoms with van der Waals surface area (Å²) in [5.74, 6) is 1.33. The molecule has 0 N–H and O–H groups in total. The van der Waals surface area contributed by atoms with Gasteiger partial charge in [-0.3, -0.25) is 0 Å². The van der Waals surface area contributed by atoms with Gasteiger partial charge in [0.2, 0.25) is 0 Å². The fourth-order valence-corrected chi connectivity index (χ4v) is 2.53. The Morgan fingerprint density at radius 3 is 1.95 bits per heavy atom. The summed E-state index contributed by atoms with van der Waals surface area (Å²) in [7, 11) is 0. The number of ether oxygens (including phenoxy) is 1. The normalized spacial score (nSPS) is 9.86. The third-order valence-corrected chi connectivity index (χ3v) is 3.74. The number of hydrogen-bond acceptors (Lipinski definition) is 2. The molecular formula is C18H23FOS. The minimum Gasteiger partial charge on any atom is -0.457 e. The SMILES string of the molecule is CC.CSc1ccc(Oc2c(C)cc(F)cc2C)c(C)c1. The molecule has 0 fully saturated rings. The van der Waals surface area contributed by atoms with Crippen molar-refractivity contribution in [2.45, 2.75) is 39.5 Å². The van der Waals surface area contributed by atoms with Crippen LogP contribution in [0.4, 0.5) is 4.39 Å². The van der Waals surface area contributed by atoms with Crippen molar-refractivity contribution in [3.8, 4) is 11.5 Å². The lowest BCUT2D eigenvalue weighted by molar-refractivity contribution is 0.468. The second-order valence-electron chi connectivity index (χ2n) is 4.60. The van der Waals surface area contributed by atoms with E-state index < -0.39 is 0 Å². The van der Waals surface area contributed by atoms with E-state index in [0.29, 0.717) is 0 Å². The van der Waals surface area contributed by atoms with Crippen LogP contribution in [-0.4, -0.2) is 6.26 Å². The molecular weight excluding hydrogens is 283 g/mol. The lowest BCUT2D eigenvalue weighted by Gasteiger charge is -2.14. The van der Waals surface area contributed by atoms with E-state index in [-0.39, 0.29) is 5.82 Å². The first-order valence-electron chi connectivity index (χ1n) is 7.10. The van der Waals surface area contributed by atoms with Crippen molar-refractivity contribution >= 4 is 11.8 Å². The van der Waals surface area contributed by atoms with E-state index in [1.807, 2.05) is 53.0 Å². The lowest BCUT2D eigenvalue weighted by Crippen LogP contribution is -1.94. The van der Waals surface area contributed by atoms with Crippen molar-refractivity contribution in [2.24, 2.45) is 0 Å². The maximum atomic E-state index is 13.3. The van der Waals surface area contributed by atoms with Gasteiger partial charge in [0.05, 0.1) is 0 Å². The molecule has 0 aliphatic heterocycles. The van der Waals surface area contributed by atoms with Crippen molar-refractivity contribution in [2.75, 3.05) is 6.26 Å². The standard InChI is InChI=1S/C16H17FOS.C2H6/c1-10-9-14(19-4)5-6-15(10)18-16-11(2)7-13(17)8-12(16)3;1-2/h5-9H,1-4H3;1-2H3. The van der Waals surface area contributed by atoms with Crippen LogP contribution in [-0.2, 0) is 0 Å². The molecule has 2 aromatic carbocycles. The van der Waals surface area contributed by atoms with Gasteiger partial charge in [0.25, 0.3) is 0 Å². The Labute approximate surface area is 131 Å². The van der Waals surface area contributed by atoms with Crippen molar-refractivity contribution in [1.29, 1.82) is 0 Å². The lowest BCUT2D eigenvalue weighted by atomic mass is 10.1. The second-order valence-corrected chi connectivity index (χ2v) is 5.48. The van der Waals surface area contributed by atoms with Gasteiger partial charge < -0.3 is 4.74 Å². The average Bonchev–Trinajstić information content (AvgIpc) is 2.46. The third kappa shape index (κ3) is 4.50. The summed E-state index contributed by atoms with van der Waals surface area (Å²) >= 11 is 1.70. The van der Waals surface area contributed by atoms with E-state index in [9.17, 15) is 4.39 Å². The zero-order valence-electron chi connectivity index (χ0n) is 13.6. The Hall–Kier alpha value is -1.48. The summed E-state index contributed by atoms with van der Waals surface area (Å²) < 4.78 is 19.2. The highest BCUT2D eigenvalue weighted by molar-refractivity contribution is 7.98. The van der Waals surface area contributed by atoms with E-state index in [1.165, 1.54) is 17.0 Å². The number of aryl methyl sites for hydroxylation is 3. The van der Waals surface area contributed by atoms with Crippen LogP contribution in [0.2, 0.25) is 0 Å². The number of benzene rings is 2. The molecule has 2 aromatic rings. The zero-order valence-corrected chi connectivity index (χ0v) is 14.4. The van der Waals surface area contributed by atoms with Crippen molar-refractivity contribution < 1.29 is 9.13 Å². The molecule has 0 heterocycles. The fourth-order valence-electron chi connectivity index (χ4n) is 2.03. The summed E-state index contributed by atoms with van der Waals surface area (Å²) in [5.41, 5.74) is 2.70. The van der Waals surface area contributed by atoms with Gasteiger partial charge in [-0.15, -0.1) is 11.8 Å². The van der Waals surface area contributed by atoms with E-state index >= 15 is 0 Å². The molecule has 0 bridgehead atoms. The van der Waals surface area contributed by atoms with Crippen LogP contribution in [0, 0.1) is 26.6 Å². The molecule has 0 aliphatic carbocycles. The number of rotatable bonds is 3. The molecule has 2 rings (SSSR count). The van der Waals surface area contributed by atoms with Gasteiger partial charge >= 0.3 is 0 Å². The maximum Gasteiger partial charge on any atom is 0.133 e. The van der Waals surface area contributed by atoms with Crippen LogP contribution in [0.25, 0.3) is 0 Å². The van der Waals surface area contributed by atoms with Gasteiger partial charge in [-0.2, -0.15) is 0 Å². The minimum atomic E-state index is -0.225. The molecule has 0 saturated heterocycles. The molecule has 0 atom stereocenters. The molecule has 0 unspecified atom stereocenters. The molecule has 0 spiro atoms. The maximum absolute atomic E-state index is 13.3. The van der Waals surface area contributed by atoms with Gasteiger partial charge in [0.15, 0.2) is 0 Å². The molecule has 114 valence electrons. The van der Waals surface area contributed by atoms with E-state index in [1.54, 1.807) is 11.8 Å². The molecule has 21 heavy (non-hydrogen) atoms. The van der Waals surface area contributed by atoms with Gasteiger partial charge in [-0.1, -0.05) is 13.8 Å². The van der Waals surface area contributed by atoms with Gasteiger partial charge in [-0.25, -0.2) is 4.39 Å². The predicted molar refractivity (Wildman–Crippen MR) is 90.3 cm³/mol. The zero-order chi connectivity index (χ0) is 16.0. The third-order valence-electron chi connectivity index (χ3n) is 3.02. The first kappa shape index (κ1) is 17.6. The van der Waals surface area contributed by atoms with E-state index in [2.05, 4.69) is 6.07 Å². The Balaban J connectivity index is 0.00000106. The number of hydrogen-bond donors (Lipinski definition) is 0. The first-order valence-corrected chi connectivity index (χ1v) is 8.33. The summed E-state index contributed by atoms with van der Waals surface area (Å²) in [5, 5.41) is 0. The topological polar surface area (TPSA) is 9.23 Å². The van der Waals surface area contributed by atoms with Gasteiger partial charge in [0.1, 0.15) is 17.3 Å². The van der Waals surface area contributed by atoms with Gasteiger partial charge in [0, 0.05) is 4.90 Å². The highest BCUT2D eigenvalue weighted by atomic mass is 32.2. The first-order chi connectivity index (χ1) is 10.0. The monoisotopic (exact) mass is 306 g/mol. The van der Waals surface area contributed by atoms with Crippen molar-refractivity contribution in [3.05, 3.63) is 52.8 Å². The van der Waals surface area contributed by atoms with E-state index in [4.69, 9.17) is 4.74 Å². The van der Waals surface area contributed by atoms with Crippen molar-refractivity contribution in [3.63, 3.8) is 0 Å². The number of thioether (sulfide) groups is 1. The van der Waals surface area contributed by atoms with Crippen LogP contribution in [0.1, 0.15) is 30.5 Å². The molecule has 3 heteroatoms. The van der Waals surface area contributed by atoms with Crippen LogP contribution in [0.5, 0.6) is 11.5 Å². The highest BCUT2D eigenvalue weighted by Gasteiger charge is 2.09. The van der Waals surface area contributed by atoms with Gasteiger partial charge in [-0.05, 0) is 74.0 Å². The quantitative estimate of drug-likeness (QED) is 0.616. The predicted octanol–water partition coefficient (Wildman–Crippen LogP) is 6.29. The smallest absolute Gasteiger partial charge is 0.133 e. The molecule has 0 amide bonds. The second kappa shape index (κ2) is 8.08. The molecule has 0 radical (unpaired) electrons. The Kier molecular flexibility index (Phi) is 6.76. The van der Waals surface area contributed by atoms with Crippen LogP contribution >= 0.6 is 11.8 Å². The van der Waals surface area contributed by atoms with Crippen molar-refractivity contribution in [1.82, 2.24) is 0 Å². The molecule has 0 aliphatic rings. The molecule has 0 saturated carbocycles. The Bertz CT molecular complexity index is 585. The number of halogens is 1. The fraction of sp³-hybridized carbons (Fsp3) is 0.333. The van der Waals surface area contributed by atoms with Crippen LogP contribution < -0.4 is 4.74 Å².